The van der Waals surface area contributed by atoms with Gasteiger partial charge in [0.2, 0.25) is 0 Å². The number of aromatic nitrogens is 1. The van der Waals surface area contributed by atoms with Crippen LogP contribution in [0.15, 0.2) is 16.9 Å². The van der Waals surface area contributed by atoms with E-state index in [-0.39, 0.29) is 0 Å². The van der Waals surface area contributed by atoms with E-state index in [2.05, 4.69) is 36.1 Å². The van der Waals surface area contributed by atoms with Gasteiger partial charge in [0.1, 0.15) is 6.26 Å². The summed E-state index contributed by atoms with van der Waals surface area (Å²) in [5, 5.41) is 7.28. The average molecular weight is 211 g/mol. The van der Waals surface area contributed by atoms with Gasteiger partial charge in [-0.15, -0.1) is 0 Å². The topological polar surface area (TPSA) is 41.3 Å². The van der Waals surface area contributed by atoms with Gasteiger partial charge >= 0.3 is 0 Å². The van der Waals surface area contributed by atoms with Crippen molar-refractivity contribution in [2.75, 3.05) is 19.6 Å². The lowest BCUT2D eigenvalue weighted by atomic mass is 10.3. The molecule has 0 saturated carbocycles. The van der Waals surface area contributed by atoms with E-state index < -0.39 is 0 Å². The molecule has 1 aromatic heterocycles. The fraction of sp³-hybridized carbons (Fsp3) is 0.727. The molecule has 1 N–H and O–H groups in total. The van der Waals surface area contributed by atoms with Crippen molar-refractivity contribution in [3.63, 3.8) is 0 Å². The molecule has 86 valence electrons. The molecule has 0 aromatic carbocycles. The van der Waals surface area contributed by atoms with Crippen LogP contribution in [0.1, 0.15) is 26.5 Å². The third-order valence-electron chi connectivity index (χ3n) is 2.55. The van der Waals surface area contributed by atoms with Crippen molar-refractivity contribution in [3.8, 4) is 0 Å². The Morgan fingerprint density at radius 1 is 1.47 bits per heavy atom. The number of hydrogen-bond acceptors (Lipinski definition) is 4. The summed E-state index contributed by atoms with van der Waals surface area (Å²) in [4.78, 5) is 2.40. The summed E-state index contributed by atoms with van der Waals surface area (Å²) < 4.78 is 4.77. The molecule has 0 aliphatic carbocycles. The Morgan fingerprint density at radius 3 is 2.73 bits per heavy atom. The summed E-state index contributed by atoms with van der Waals surface area (Å²) in [7, 11) is 0. The highest BCUT2D eigenvalue weighted by Gasteiger charge is 2.06. The van der Waals surface area contributed by atoms with Crippen molar-refractivity contribution >= 4 is 0 Å². The number of rotatable bonds is 7. The second-order valence-electron chi connectivity index (χ2n) is 3.76. The van der Waals surface area contributed by atoms with Crippen LogP contribution in [0.4, 0.5) is 0 Å². The van der Waals surface area contributed by atoms with Crippen molar-refractivity contribution in [1.82, 2.24) is 15.4 Å². The first-order valence-corrected chi connectivity index (χ1v) is 5.61. The fourth-order valence-corrected chi connectivity index (χ4v) is 1.54. The monoisotopic (exact) mass is 211 g/mol. The highest BCUT2D eigenvalue weighted by Crippen LogP contribution is 1.96. The number of hydrogen-bond donors (Lipinski definition) is 1. The van der Waals surface area contributed by atoms with E-state index in [1.165, 1.54) is 0 Å². The molecule has 0 spiro atoms. The largest absolute Gasteiger partial charge is 0.364 e. The Hall–Kier alpha value is -0.870. The number of likely N-dealkylation sites (N-methyl/N-ethyl adjacent to an activating group) is 1. The van der Waals surface area contributed by atoms with Gasteiger partial charge in [-0.1, -0.05) is 19.0 Å². The van der Waals surface area contributed by atoms with Gasteiger partial charge in [-0.3, -0.25) is 0 Å². The van der Waals surface area contributed by atoms with Crippen molar-refractivity contribution in [2.45, 2.75) is 33.4 Å². The quantitative estimate of drug-likeness (QED) is 0.742. The van der Waals surface area contributed by atoms with E-state index >= 15 is 0 Å². The molecule has 0 aliphatic rings. The predicted molar refractivity (Wildman–Crippen MR) is 60.6 cm³/mol. The molecule has 0 radical (unpaired) electrons. The molecule has 0 amide bonds. The standard InChI is InChI=1S/C11H21N3O/c1-4-14(5-2)9-10(3)12-8-11-6-7-15-13-11/h6-7,10,12H,4-5,8-9H2,1-3H3. The molecule has 0 fully saturated rings. The maximum atomic E-state index is 4.77. The second kappa shape index (κ2) is 6.58. The summed E-state index contributed by atoms with van der Waals surface area (Å²) in [6.45, 7) is 10.6. The van der Waals surface area contributed by atoms with E-state index in [0.717, 1.165) is 31.9 Å². The predicted octanol–water partition coefficient (Wildman–Crippen LogP) is 1.49. The molecule has 0 bridgehead atoms. The zero-order valence-electron chi connectivity index (χ0n) is 9.86. The van der Waals surface area contributed by atoms with Gasteiger partial charge < -0.3 is 14.7 Å². The summed E-state index contributed by atoms with van der Waals surface area (Å²) in [5.41, 5.74) is 0.960. The van der Waals surface area contributed by atoms with Crippen molar-refractivity contribution in [3.05, 3.63) is 18.0 Å². The lowest BCUT2D eigenvalue weighted by Gasteiger charge is -2.23. The van der Waals surface area contributed by atoms with Gasteiger partial charge in [-0.05, 0) is 20.0 Å². The Balaban J connectivity index is 2.21. The minimum Gasteiger partial charge on any atom is -0.364 e. The molecule has 4 nitrogen and oxygen atoms in total. The average Bonchev–Trinajstić information content (AvgIpc) is 2.75. The van der Waals surface area contributed by atoms with Crippen molar-refractivity contribution in [1.29, 1.82) is 0 Å². The van der Waals surface area contributed by atoms with Gasteiger partial charge in [0, 0.05) is 25.2 Å². The van der Waals surface area contributed by atoms with E-state index in [4.69, 9.17) is 4.52 Å². The highest BCUT2D eigenvalue weighted by molar-refractivity contribution is 4.94. The Bertz CT molecular complexity index is 244. The highest BCUT2D eigenvalue weighted by atomic mass is 16.5. The molecular formula is C11H21N3O. The Morgan fingerprint density at radius 2 is 2.20 bits per heavy atom. The van der Waals surface area contributed by atoms with E-state index in [0.29, 0.717) is 6.04 Å². The lowest BCUT2D eigenvalue weighted by molar-refractivity contribution is 0.269. The van der Waals surface area contributed by atoms with Crippen LogP contribution in [-0.2, 0) is 6.54 Å². The summed E-state index contributed by atoms with van der Waals surface area (Å²) >= 11 is 0. The van der Waals surface area contributed by atoms with Gasteiger partial charge in [0.25, 0.3) is 0 Å². The second-order valence-corrected chi connectivity index (χ2v) is 3.76. The lowest BCUT2D eigenvalue weighted by Crippen LogP contribution is -2.38. The Kier molecular flexibility index (Phi) is 5.36. The van der Waals surface area contributed by atoms with Crippen LogP contribution in [0.25, 0.3) is 0 Å². The van der Waals surface area contributed by atoms with E-state index in [1.54, 1.807) is 6.26 Å². The molecule has 4 heteroatoms. The smallest absolute Gasteiger partial charge is 0.124 e. The third kappa shape index (κ3) is 4.44. The molecule has 0 aliphatic heterocycles. The van der Waals surface area contributed by atoms with Crippen LogP contribution in [0.5, 0.6) is 0 Å². The summed E-state index contributed by atoms with van der Waals surface area (Å²) in [5.74, 6) is 0. The van der Waals surface area contributed by atoms with Crippen LogP contribution in [-0.4, -0.2) is 35.7 Å². The first-order valence-electron chi connectivity index (χ1n) is 5.61. The van der Waals surface area contributed by atoms with Crippen LogP contribution in [0, 0.1) is 0 Å². The van der Waals surface area contributed by atoms with Gasteiger partial charge in [0.15, 0.2) is 0 Å². The minimum absolute atomic E-state index is 0.474. The van der Waals surface area contributed by atoms with Crippen LogP contribution in [0.2, 0.25) is 0 Å². The van der Waals surface area contributed by atoms with E-state index in [1.807, 2.05) is 6.07 Å². The third-order valence-corrected chi connectivity index (χ3v) is 2.55. The number of nitrogens with zero attached hydrogens (tertiary/aromatic N) is 2. The van der Waals surface area contributed by atoms with Crippen molar-refractivity contribution < 1.29 is 4.52 Å². The molecule has 1 rings (SSSR count). The van der Waals surface area contributed by atoms with Gasteiger partial charge in [0.05, 0.1) is 5.69 Å². The molecular weight excluding hydrogens is 190 g/mol. The fourth-order valence-electron chi connectivity index (χ4n) is 1.54. The zero-order chi connectivity index (χ0) is 11.1. The van der Waals surface area contributed by atoms with Gasteiger partial charge in [-0.2, -0.15) is 0 Å². The molecule has 0 saturated heterocycles. The molecule has 1 unspecified atom stereocenters. The maximum absolute atomic E-state index is 4.77. The van der Waals surface area contributed by atoms with E-state index in [9.17, 15) is 0 Å². The zero-order valence-corrected chi connectivity index (χ0v) is 9.86. The first-order chi connectivity index (χ1) is 7.26. The molecule has 1 heterocycles. The van der Waals surface area contributed by atoms with Crippen LogP contribution >= 0.6 is 0 Å². The Labute approximate surface area is 91.6 Å². The van der Waals surface area contributed by atoms with Gasteiger partial charge in [-0.25, -0.2) is 0 Å². The maximum Gasteiger partial charge on any atom is 0.124 e. The molecule has 1 aromatic rings. The molecule has 1 atom stereocenters. The van der Waals surface area contributed by atoms with Crippen LogP contribution < -0.4 is 5.32 Å². The molecule has 15 heavy (non-hydrogen) atoms. The van der Waals surface area contributed by atoms with Crippen LogP contribution in [0.3, 0.4) is 0 Å². The summed E-state index contributed by atoms with van der Waals surface area (Å²) in [6, 6.07) is 2.36. The summed E-state index contributed by atoms with van der Waals surface area (Å²) in [6.07, 6.45) is 1.60. The minimum atomic E-state index is 0.474. The number of nitrogens with one attached hydrogen (secondary N) is 1. The van der Waals surface area contributed by atoms with Crippen molar-refractivity contribution in [2.24, 2.45) is 0 Å². The first kappa shape index (κ1) is 12.2. The normalized spacial score (nSPS) is 13.3. The SMILES string of the molecule is CCN(CC)CC(C)NCc1ccon1.